The van der Waals surface area contributed by atoms with Crippen LogP contribution in [0.15, 0.2) is 17.1 Å². The summed E-state index contributed by atoms with van der Waals surface area (Å²) in [6.07, 6.45) is 5.99. The van der Waals surface area contributed by atoms with Crippen molar-refractivity contribution in [3.05, 3.63) is 12.2 Å². The van der Waals surface area contributed by atoms with E-state index in [1.807, 2.05) is 11.9 Å². The predicted octanol–water partition coefficient (Wildman–Crippen LogP) is 0.747. The van der Waals surface area contributed by atoms with Crippen LogP contribution < -0.4 is 0 Å². The van der Waals surface area contributed by atoms with Crippen molar-refractivity contribution in [3.8, 4) is 0 Å². The van der Waals surface area contributed by atoms with Crippen molar-refractivity contribution in [1.29, 1.82) is 5.41 Å². The van der Waals surface area contributed by atoms with Crippen LogP contribution in [0.3, 0.4) is 0 Å². The number of hydrogen-bond donors (Lipinski definition) is 1. The molecule has 1 amide bonds. The highest BCUT2D eigenvalue weighted by molar-refractivity contribution is 6.01. The maximum Gasteiger partial charge on any atom is 0.246 e. The molecule has 0 aromatic heterocycles. The van der Waals surface area contributed by atoms with E-state index in [2.05, 4.69) is 4.99 Å². The summed E-state index contributed by atoms with van der Waals surface area (Å²) in [5, 5.41) is 7.12. The van der Waals surface area contributed by atoms with Crippen molar-refractivity contribution in [3.63, 3.8) is 0 Å². The quantitative estimate of drug-likeness (QED) is 0.464. The smallest absolute Gasteiger partial charge is 0.246 e. The first-order valence-corrected chi connectivity index (χ1v) is 6.33. The monoisotopic (exact) mass is 266 g/mol. The van der Waals surface area contributed by atoms with Crippen LogP contribution in [-0.2, 0) is 9.53 Å². The zero-order valence-electron chi connectivity index (χ0n) is 11.8. The Kier molecular flexibility index (Phi) is 6.21. The van der Waals surface area contributed by atoms with Crippen LogP contribution in [0.25, 0.3) is 0 Å². The molecule has 0 saturated carbocycles. The molecule has 0 radical (unpaired) electrons. The summed E-state index contributed by atoms with van der Waals surface area (Å²) in [5.74, 6) is 0.523. The molecule has 1 fully saturated rings. The van der Waals surface area contributed by atoms with E-state index in [-0.39, 0.29) is 5.91 Å². The minimum atomic E-state index is -0.0990. The Labute approximate surface area is 114 Å². The molecule has 6 heteroatoms. The van der Waals surface area contributed by atoms with Crippen molar-refractivity contribution in [2.75, 3.05) is 34.4 Å². The van der Waals surface area contributed by atoms with Crippen LogP contribution in [0.4, 0.5) is 0 Å². The Morgan fingerprint density at radius 1 is 1.26 bits per heavy atom. The van der Waals surface area contributed by atoms with Crippen LogP contribution >= 0.6 is 0 Å². The third-order valence-corrected chi connectivity index (χ3v) is 3.11. The number of amides is 1. The minimum absolute atomic E-state index is 0.0990. The van der Waals surface area contributed by atoms with Crippen LogP contribution in [0.1, 0.15) is 12.8 Å². The van der Waals surface area contributed by atoms with Gasteiger partial charge in [-0.05, 0) is 18.9 Å². The highest BCUT2D eigenvalue weighted by Gasteiger charge is 2.20. The summed E-state index contributed by atoms with van der Waals surface area (Å²) < 4.78 is 5.33. The molecule has 1 heterocycles. The Morgan fingerprint density at radius 2 is 1.89 bits per heavy atom. The lowest BCUT2D eigenvalue weighted by Crippen LogP contribution is -2.40. The van der Waals surface area contributed by atoms with Crippen molar-refractivity contribution >= 4 is 18.1 Å². The Balaban J connectivity index is 2.73. The molecule has 0 bridgehead atoms. The number of amidine groups is 1. The maximum atomic E-state index is 11.5. The van der Waals surface area contributed by atoms with Gasteiger partial charge in [-0.1, -0.05) is 0 Å². The van der Waals surface area contributed by atoms with Gasteiger partial charge in [0.2, 0.25) is 5.91 Å². The number of ether oxygens (including phenoxy) is 1. The van der Waals surface area contributed by atoms with E-state index < -0.39 is 0 Å². The van der Waals surface area contributed by atoms with Crippen molar-refractivity contribution in [2.45, 2.75) is 18.9 Å². The first-order valence-electron chi connectivity index (χ1n) is 6.33. The fourth-order valence-electron chi connectivity index (χ4n) is 1.87. The molecule has 1 aliphatic rings. The topological polar surface area (TPSA) is 69.0 Å². The first kappa shape index (κ1) is 15.4. The van der Waals surface area contributed by atoms with E-state index in [0.717, 1.165) is 32.4 Å². The Bertz CT molecular complexity index is 371. The molecule has 1 saturated heterocycles. The molecular weight excluding hydrogens is 244 g/mol. The number of nitrogens with one attached hydrogen (secondary N) is 1. The van der Waals surface area contributed by atoms with Gasteiger partial charge in [0.1, 0.15) is 12.2 Å². The Hall–Kier alpha value is -1.69. The van der Waals surface area contributed by atoms with Crippen molar-refractivity contribution < 1.29 is 9.53 Å². The standard InChI is InChI=1S/C13H22N4O2/c1-16(2)13(18)5-4-12(15-10-14)17(3)11-6-8-19-9-7-11/h4-5,10-11,14H,6-9H2,1-3H3/b5-4+,14-10?,15-12?. The molecule has 1 rings (SSSR count). The van der Waals surface area contributed by atoms with Gasteiger partial charge in [-0.3, -0.25) is 10.2 Å². The van der Waals surface area contributed by atoms with Crippen LogP contribution in [-0.4, -0.2) is 68.3 Å². The Morgan fingerprint density at radius 3 is 2.42 bits per heavy atom. The van der Waals surface area contributed by atoms with E-state index in [4.69, 9.17) is 10.1 Å². The summed E-state index contributed by atoms with van der Waals surface area (Å²) in [5.41, 5.74) is 0. The lowest BCUT2D eigenvalue weighted by atomic mass is 10.1. The van der Waals surface area contributed by atoms with Crippen LogP contribution in [0, 0.1) is 5.41 Å². The summed E-state index contributed by atoms with van der Waals surface area (Å²) in [4.78, 5) is 19.1. The van der Waals surface area contributed by atoms with Gasteiger partial charge in [0, 0.05) is 46.5 Å². The van der Waals surface area contributed by atoms with E-state index in [0.29, 0.717) is 11.9 Å². The second-order valence-corrected chi connectivity index (χ2v) is 4.64. The van der Waals surface area contributed by atoms with E-state index in [1.54, 1.807) is 20.2 Å². The zero-order valence-corrected chi connectivity index (χ0v) is 11.8. The predicted molar refractivity (Wildman–Crippen MR) is 75.7 cm³/mol. The molecule has 106 valence electrons. The molecule has 0 aromatic carbocycles. The van der Waals surface area contributed by atoms with Crippen LogP contribution in [0.5, 0.6) is 0 Å². The zero-order chi connectivity index (χ0) is 14.3. The summed E-state index contributed by atoms with van der Waals surface area (Å²) in [6.45, 7) is 1.49. The van der Waals surface area contributed by atoms with E-state index in [9.17, 15) is 4.79 Å². The van der Waals surface area contributed by atoms with Gasteiger partial charge in [0.05, 0.1) is 0 Å². The molecule has 0 unspecified atom stereocenters. The first-order chi connectivity index (χ1) is 9.06. The highest BCUT2D eigenvalue weighted by Crippen LogP contribution is 2.13. The maximum absolute atomic E-state index is 11.5. The molecule has 1 N–H and O–H groups in total. The molecule has 6 nitrogen and oxygen atoms in total. The number of aliphatic imine (C=N–C) groups is 1. The highest BCUT2D eigenvalue weighted by atomic mass is 16.5. The number of carbonyl (C=O) groups excluding carboxylic acids is 1. The molecule has 0 spiro atoms. The lowest BCUT2D eigenvalue weighted by Gasteiger charge is -2.32. The molecule has 0 aromatic rings. The second-order valence-electron chi connectivity index (χ2n) is 4.64. The fourth-order valence-corrected chi connectivity index (χ4v) is 1.87. The average Bonchev–Trinajstić information content (AvgIpc) is 2.43. The van der Waals surface area contributed by atoms with E-state index in [1.165, 1.54) is 11.0 Å². The summed E-state index contributed by atoms with van der Waals surface area (Å²) in [6, 6.07) is 0.339. The number of nitrogens with zero attached hydrogens (tertiary/aromatic N) is 3. The number of likely N-dealkylation sites (N-methyl/N-ethyl adjacent to an activating group) is 2. The number of rotatable bonds is 4. The average molecular weight is 266 g/mol. The van der Waals surface area contributed by atoms with Gasteiger partial charge in [0.15, 0.2) is 0 Å². The van der Waals surface area contributed by atoms with Gasteiger partial charge < -0.3 is 14.5 Å². The largest absolute Gasteiger partial charge is 0.381 e. The third-order valence-electron chi connectivity index (χ3n) is 3.11. The minimum Gasteiger partial charge on any atom is -0.381 e. The number of hydrogen-bond acceptors (Lipinski definition) is 3. The normalized spacial score (nSPS) is 17.5. The molecule has 1 aliphatic heterocycles. The van der Waals surface area contributed by atoms with Crippen molar-refractivity contribution in [2.24, 2.45) is 4.99 Å². The summed E-state index contributed by atoms with van der Waals surface area (Å²) >= 11 is 0. The van der Waals surface area contributed by atoms with Gasteiger partial charge in [-0.15, -0.1) is 0 Å². The van der Waals surface area contributed by atoms with Gasteiger partial charge >= 0.3 is 0 Å². The molecule has 19 heavy (non-hydrogen) atoms. The molecule has 0 atom stereocenters. The summed E-state index contributed by atoms with van der Waals surface area (Å²) in [7, 11) is 5.33. The van der Waals surface area contributed by atoms with Gasteiger partial charge in [-0.2, -0.15) is 0 Å². The molecular formula is C13H22N4O2. The van der Waals surface area contributed by atoms with Gasteiger partial charge in [0.25, 0.3) is 0 Å². The number of carbonyl (C=O) groups is 1. The SMILES string of the molecule is CN(C)C(=O)/C=C/C(=NC=N)N(C)C1CCOCC1. The fraction of sp³-hybridized carbons (Fsp3) is 0.615. The lowest BCUT2D eigenvalue weighted by molar-refractivity contribution is -0.123. The van der Waals surface area contributed by atoms with Crippen molar-refractivity contribution in [1.82, 2.24) is 9.80 Å². The second kappa shape index (κ2) is 7.68. The van der Waals surface area contributed by atoms with Gasteiger partial charge in [-0.25, -0.2) is 4.99 Å². The van der Waals surface area contributed by atoms with Crippen LogP contribution in [0.2, 0.25) is 0 Å². The van der Waals surface area contributed by atoms with E-state index >= 15 is 0 Å². The molecule has 0 aliphatic carbocycles. The third kappa shape index (κ3) is 4.82.